The van der Waals surface area contributed by atoms with E-state index in [0.29, 0.717) is 6.61 Å². The molecular formula is C25H28ClNOS2. The Morgan fingerprint density at radius 2 is 1.90 bits per heavy atom. The fraction of sp³-hybridized carbons (Fsp3) is 0.360. The van der Waals surface area contributed by atoms with E-state index < -0.39 is 0 Å². The Bertz CT molecular complexity index is 1170. The maximum Gasteiger partial charge on any atom is 0.0779 e. The van der Waals surface area contributed by atoms with Crippen LogP contribution < -0.4 is 9.75 Å². The number of thiophene rings is 1. The first-order chi connectivity index (χ1) is 14.2. The first kappa shape index (κ1) is 21.9. The number of allylic oxidation sites excluding steroid dienone is 4. The molecule has 1 aromatic carbocycles. The molecule has 3 aliphatic rings. The molecule has 0 atom stereocenters. The minimum atomic E-state index is 0. The Hall–Kier alpha value is -1.30. The maximum absolute atomic E-state index is 6.04. The molecule has 0 N–H and O–H groups in total. The van der Waals surface area contributed by atoms with E-state index in [9.17, 15) is 0 Å². The maximum atomic E-state index is 6.04. The highest BCUT2D eigenvalue weighted by molar-refractivity contribution is 8.11. The Morgan fingerprint density at radius 1 is 1.07 bits per heavy atom. The SMILES string of the molecule is Cc1cc(C)c2sc3c(c2c1)=C1SC(COCCN2CCCC2)=CC=C1C=CC=3.Cl. The molecule has 0 radical (unpaired) electrons. The second-order valence-electron chi connectivity index (χ2n) is 8.11. The Kier molecular flexibility index (Phi) is 6.91. The molecule has 1 aliphatic carbocycles. The van der Waals surface area contributed by atoms with Crippen molar-refractivity contribution in [3.8, 4) is 0 Å². The molecule has 5 rings (SSSR count). The van der Waals surface area contributed by atoms with Crippen LogP contribution in [0.1, 0.15) is 24.0 Å². The summed E-state index contributed by atoms with van der Waals surface area (Å²) < 4.78 is 8.83. The van der Waals surface area contributed by atoms with E-state index in [1.165, 1.54) is 72.3 Å². The normalized spacial score (nSPS) is 18.3. The van der Waals surface area contributed by atoms with Crippen molar-refractivity contribution in [1.29, 1.82) is 0 Å². The zero-order chi connectivity index (χ0) is 19.8. The van der Waals surface area contributed by atoms with Crippen LogP contribution in [0, 0.1) is 13.8 Å². The molecule has 2 aromatic rings. The lowest BCUT2D eigenvalue weighted by Gasteiger charge is -2.17. The highest BCUT2D eigenvalue weighted by atomic mass is 35.5. The highest BCUT2D eigenvalue weighted by Crippen LogP contribution is 2.37. The van der Waals surface area contributed by atoms with E-state index in [4.69, 9.17) is 4.74 Å². The van der Waals surface area contributed by atoms with Crippen molar-refractivity contribution < 1.29 is 4.74 Å². The van der Waals surface area contributed by atoms with Crippen LogP contribution in [0.25, 0.3) is 21.1 Å². The summed E-state index contributed by atoms with van der Waals surface area (Å²) in [7, 11) is 0. The summed E-state index contributed by atoms with van der Waals surface area (Å²) in [5, 5.41) is 2.80. The first-order valence-corrected chi connectivity index (χ1v) is 12.1. The van der Waals surface area contributed by atoms with Gasteiger partial charge in [0, 0.05) is 36.2 Å². The summed E-state index contributed by atoms with van der Waals surface area (Å²) in [6, 6.07) is 4.65. The fourth-order valence-electron chi connectivity index (χ4n) is 4.42. The Balaban J connectivity index is 0.00000218. The van der Waals surface area contributed by atoms with E-state index in [1.807, 2.05) is 23.1 Å². The lowest BCUT2D eigenvalue weighted by Crippen LogP contribution is -2.24. The molecule has 3 heterocycles. The van der Waals surface area contributed by atoms with Crippen LogP contribution in [-0.4, -0.2) is 37.7 Å². The van der Waals surface area contributed by atoms with Gasteiger partial charge in [-0.25, -0.2) is 0 Å². The number of benzene rings is 1. The van der Waals surface area contributed by atoms with Gasteiger partial charge in [-0.3, -0.25) is 0 Å². The van der Waals surface area contributed by atoms with Gasteiger partial charge < -0.3 is 9.64 Å². The third-order valence-corrected chi connectivity index (χ3v) is 8.30. The van der Waals surface area contributed by atoms with Crippen LogP contribution >= 0.6 is 35.5 Å². The van der Waals surface area contributed by atoms with E-state index in [1.54, 1.807) is 0 Å². The molecule has 2 aliphatic heterocycles. The number of ether oxygens (including phenoxy) is 1. The number of thioether (sulfide) groups is 1. The first-order valence-electron chi connectivity index (χ1n) is 10.5. The standard InChI is InChI=1S/C25H27NOS2.ClH/c1-17-14-18(2)24-21(15-17)23-22(29-24)7-5-6-19-8-9-20(28-25(19)23)16-27-13-12-26-10-3-4-11-26;/h5-9,14-15H,3-4,10-13,16H2,1-2H3;1H. The lowest BCUT2D eigenvalue weighted by atomic mass is 10.1. The topological polar surface area (TPSA) is 12.5 Å². The van der Waals surface area contributed by atoms with Crippen molar-refractivity contribution >= 4 is 56.6 Å². The third-order valence-electron chi connectivity index (χ3n) is 5.84. The van der Waals surface area contributed by atoms with Crippen molar-refractivity contribution in [2.75, 3.05) is 32.8 Å². The number of fused-ring (bicyclic) bond motifs is 4. The predicted molar refractivity (Wildman–Crippen MR) is 135 cm³/mol. The molecule has 0 saturated carbocycles. The summed E-state index contributed by atoms with van der Waals surface area (Å²) >= 11 is 3.81. The molecule has 1 aromatic heterocycles. The van der Waals surface area contributed by atoms with E-state index in [-0.39, 0.29) is 12.4 Å². The number of aryl methyl sites for hydroxylation is 2. The van der Waals surface area contributed by atoms with Gasteiger partial charge in [-0.2, -0.15) is 0 Å². The molecular weight excluding hydrogens is 430 g/mol. The van der Waals surface area contributed by atoms with Crippen LogP contribution in [0.4, 0.5) is 0 Å². The zero-order valence-electron chi connectivity index (χ0n) is 17.6. The minimum absolute atomic E-state index is 0. The monoisotopic (exact) mass is 457 g/mol. The van der Waals surface area contributed by atoms with Gasteiger partial charge in [0.05, 0.1) is 13.2 Å². The van der Waals surface area contributed by atoms with Crippen LogP contribution in [-0.2, 0) is 4.74 Å². The van der Waals surface area contributed by atoms with Gasteiger partial charge in [0.1, 0.15) is 0 Å². The van der Waals surface area contributed by atoms with Crippen molar-refractivity contribution in [3.63, 3.8) is 0 Å². The molecule has 0 amide bonds. The predicted octanol–water partition coefficient (Wildman–Crippen LogP) is 5.07. The molecule has 1 saturated heterocycles. The average Bonchev–Trinajstić information content (AvgIpc) is 3.30. The largest absolute Gasteiger partial charge is 0.375 e. The van der Waals surface area contributed by atoms with Crippen LogP contribution in [0.2, 0.25) is 0 Å². The van der Waals surface area contributed by atoms with Gasteiger partial charge in [-0.05, 0) is 69.1 Å². The molecule has 0 unspecified atom stereocenters. The summed E-state index contributed by atoms with van der Waals surface area (Å²) in [5.74, 6) is 0. The van der Waals surface area contributed by atoms with Crippen molar-refractivity contribution in [3.05, 3.63) is 67.8 Å². The van der Waals surface area contributed by atoms with Gasteiger partial charge >= 0.3 is 0 Å². The quantitative estimate of drug-likeness (QED) is 0.582. The molecule has 0 bridgehead atoms. The van der Waals surface area contributed by atoms with E-state index >= 15 is 0 Å². The van der Waals surface area contributed by atoms with Gasteiger partial charge in [0.15, 0.2) is 0 Å². The third kappa shape index (κ3) is 4.35. The highest BCUT2D eigenvalue weighted by Gasteiger charge is 2.18. The number of hydrogen-bond acceptors (Lipinski definition) is 4. The average molecular weight is 458 g/mol. The summed E-state index contributed by atoms with van der Waals surface area (Å²) in [5.41, 5.74) is 4.02. The summed E-state index contributed by atoms with van der Waals surface area (Å²) in [4.78, 5) is 5.19. The van der Waals surface area contributed by atoms with Gasteiger partial charge in [0.25, 0.3) is 0 Å². The molecule has 5 heteroatoms. The molecule has 158 valence electrons. The van der Waals surface area contributed by atoms with Crippen molar-refractivity contribution in [2.45, 2.75) is 26.7 Å². The smallest absolute Gasteiger partial charge is 0.0779 e. The van der Waals surface area contributed by atoms with Crippen molar-refractivity contribution in [2.24, 2.45) is 0 Å². The Labute approximate surface area is 193 Å². The summed E-state index contributed by atoms with van der Waals surface area (Å²) in [6.45, 7) is 9.49. The van der Waals surface area contributed by atoms with E-state index in [0.717, 1.165) is 13.2 Å². The number of hydrogen-bond donors (Lipinski definition) is 0. The van der Waals surface area contributed by atoms with Gasteiger partial charge in [0.2, 0.25) is 0 Å². The van der Waals surface area contributed by atoms with E-state index in [2.05, 4.69) is 61.3 Å². The zero-order valence-corrected chi connectivity index (χ0v) is 20.0. The number of halogens is 1. The van der Waals surface area contributed by atoms with Crippen molar-refractivity contribution in [1.82, 2.24) is 4.90 Å². The van der Waals surface area contributed by atoms with Crippen LogP contribution in [0.5, 0.6) is 0 Å². The molecule has 2 nitrogen and oxygen atoms in total. The Morgan fingerprint density at radius 3 is 2.73 bits per heavy atom. The fourth-order valence-corrected chi connectivity index (χ4v) is 6.77. The summed E-state index contributed by atoms with van der Waals surface area (Å²) in [6.07, 6.45) is 13.9. The molecule has 1 fully saturated rings. The van der Waals surface area contributed by atoms with Gasteiger partial charge in [-0.1, -0.05) is 41.6 Å². The van der Waals surface area contributed by atoms with Crippen LogP contribution in [0.15, 0.2) is 46.9 Å². The van der Waals surface area contributed by atoms with Gasteiger partial charge in [-0.15, -0.1) is 23.7 Å². The second-order valence-corrected chi connectivity index (χ2v) is 10.3. The molecule has 0 spiro atoms. The lowest BCUT2D eigenvalue weighted by molar-refractivity contribution is 0.132. The minimum Gasteiger partial charge on any atom is -0.375 e. The number of nitrogens with zero attached hydrogens (tertiary/aromatic N) is 1. The van der Waals surface area contributed by atoms with Crippen LogP contribution in [0.3, 0.4) is 0 Å². The molecule has 30 heavy (non-hydrogen) atoms. The second kappa shape index (κ2) is 9.46. The number of likely N-dealkylation sites (tertiary alicyclic amines) is 1. The number of rotatable bonds is 5.